The molecule has 9 heteroatoms. The molecule has 2 aromatic rings. The van der Waals surface area contributed by atoms with Crippen molar-refractivity contribution in [2.75, 3.05) is 43.6 Å². The van der Waals surface area contributed by atoms with Gasteiger partial charge in [-0.1, -0.05) is 0 Å². The summed E-state index contributed by atoms with van der Waals surface area (Å²) in [6.07, 6.45) is 0. The molecule has 1 aliphatic rings. The molecule has 142 valence electrons. The molecule has 3 rings (SSSR count). The van der Waals surface area contributed by atoms with E-state index in [1.807, 2.05) is 6.07 Å². The number of ether oxygens (including phenoxy) is 2. The molecule has 0 atom stereocenters. The van der Waals surface area contributed by atoms with Crippen molar-refractivity contribution in [2.45, 2.75) is 0 Å². The van der Waals surface area contributed by atoms with Crippen molar-refractivity contribution < 1.29 is 19.2 Å². The van der Waals surface area contributed by atoms with Crippen molar-refractivity contribution >= 4 is 38.9 Å². The van der Waals surface area contributed by atoms with Crippen molar-refractivity contribution in [3.8, 4) is 5.75 Å². The van der Waals surface area contributed by atoms with E-state index in [1.165, 1.54) is 25.3 Å². The number of halogens is 1. The maximum atomic E-state index is 12.5. The SMILES string of the molecule is COc1ccc(C(=O)Nc2ccc(N3CCOCC3)c(Br)c2)cc1[N+](=O)[O-]. The van der Waals surface area contributed by atoms with Crippen molar-refractivity contribution in [1.82, 2.24) is 0 Å². The van der Waals surface area contributed by atoms with E-state index >= 15 is 0 Å². The van der Waals surface area contributed by atoms with Crippen LogP contribution in [0.25, 0.3) is 0 Å². The van der Waals surface area contributed by atoms with Gasteiger partial charge < -0.3 is 19.7 Å². The van der Waals surface area contributed by atoms with E-state index in [2.05, 4.69) is 26.1 Å². The monoisotopic (exact) mass is 435 g/mol. The normalized spacial score (nSPS) is 13.9. The average molecular weight is 436 g/mol. The number of nitro benzene ring substituents is 1. The van der Waals surface area contributed by atoms with E-state index in [-0.39, 0.29) is 17.0 Å². The summed E-state index contributed by atoms with van der Waals surface area (Å²) in [5, 5.41) is 13.9. The van der Waals surface area contributed by atoms with E-state index in [1.54, 1.807) is 12.1 Å². The maximum Gasteiger partial charge on any atom is 0.311 e. The highest BCUT2D eigenvalue weighted by molar-refractivity contribution is 9.10. The molecular formula is C18H18BrN3O5. The lowest BCUT2D eigenvalue weighted by Crippen LogP contribution is -2.36. The number of hydrogen-bond acceptors (Lipinski definition) is 6. The van der Waals surface area contributed by atoms with Crippen molar-refractivity contribution in [3.05, 3.63) is 56.5 Å². The molecule has 1 fully saturated rings. The molecule has 0 aromatic heterocycles. The molecule has 8 nitrogen and oxygen atoms in total. The zero-order chi connectivity index (χ0) is 19.4. The molecule has 1 N–H and O–H groups in total. The minimum atomic E-state index is -0.580. The molecule has 0 aliphatic carbocycles. The molecule has 1 aliphatic heterocycles. The third kappa shape index (κ3) is 4.37. The van der Waals surface area contributed by atoms with Gasteiger partial charge >= 0.3 is 5.69 Å². The first-order valence-electron chi connectivity index (χ1n) is 8.25. The van der Waals surface area contributed by atoms with Crippen LogP contribution < -0.4 is 15.0 Å². The zero-order valence-electron chi connectivity index (χ0n) is 14.6. The Morgan fingerprint density at radius 3 is 2.63 bits per heavy atom. The topological polar surface area (TPSA) is 93.9 Å². The molecule has 2 aromatic carbocycles. The number of carbonyl (C=O) groups excluding carboxylic acids is 1. The molecule has 27 heavy (non-hydrogen) atoms. The Balaban J connectivity index is 1.77. The van der Waals surface area contributed by atoms with E-state index in [0.29, 0.717) is 18.9 Å². The van der Waals surface area contributed by atoms with Gasteiger partial charge in [-0.05, 0) is 46.3 Å². The Morgan fingerprint density at radius 2 is 2.00 bits per heavy atom. The van der Waals surface area contributed by atoms with Crippen LogP contribution in [0.1, 0.15) is 10.4 Å². The molecule has 1 heterocycles. The Hall–Kier alpha value is -2.65. The van der Waals surface area contributed by atoms with Gasteiger partial charge in [-0.3, -0.25) is 14.9 Å². The highest BCUT2D eigenvalue weighted by atomic mass is 79.9. The van der Waals surface area contributed by atoms with E-state index in [0.717, 1.165) is 23.2 Å². The minimum absolute atomic E-state index is 0.106. The summed E-state index contributed by atoms with van der Waals surface area (Å²) in [6.45, 7) is 2.97. The second-order valence-corrected chi connectivity index (χ2v) is 6.72. The molecule has 0 radical (unpaired) electrons. The standard InChI is InChI=1S/C18H18BrN3O5/c1-26-17-5-2-12(10-16(17)22(24)25)18(23)20-13-3-4-15(14(19)11-13)21-6-8-27-9-7-21/h2-5,10-11H,6-9H2,1H3,(H,20,23). The van der Waals surface area contributed by atoms with Gasteiger partial charge in [-0.15, -0.1) is 0 Å². The van der Waals surface area contributed by atoms with E-state index in [4.69, 9.17) is 9.47 Å². The van der Waals surface area contributed by atoms with Crippen LogP contribution in [0, 0.1) is 10.1 Å². The molecule has 0 unspecified atom stereocenters. The number of nitrogens with one attached hydrogen (secondary N) is 1. The summed E-state index contributed by atoms with van der Waals surface area (Å²) in [4.78, 5) is 25.2. The number of benzene rings is 2. The van der Waals surface area contributed by atoms with Gasteiger partial charge in [0.05, 0.1) is 30.9 Å². The van der Waals surface area contributed by atoms with Gasteiger partial charge in [0.1, 0.15) is 0 Å². The second kappa shape index (κ2) is 8.36. The van der Waals surface area contributed by atoms with Gasteiger partial charge in [-0.2, -0.15) is 0 Å². The third-order valence-corrected chi connectivity index (χ3v) is 4.83. The van der Waals surface area contributed by atoms with Crippen LogP contribution in [-0.4, -0.2) is 44.2 Å². The van der Waals surface area contributed by atoms with Crippen LogP contribution in [0.3, 0.4) is 0 Å². The van der Waals surface area contributed by atoms with Gasteiger partial charge in [-0.25, -0.2) is 0 Å². The fourth-order valence-corrected chi connectivity index (χ4v) is 3.45. The van der Waals surface area contributed by atoms with Gasteiger partial charge in [0.2, 0.25) is 0 Å². The molecule has 0 spiro atoms. The summed E-state index contributed by atoms with van der Waals surface area (Å²) in [5.41, 5.74) is 1.53. The summed E-state index contributed by atoms with van der Waals surface area (Å²) in [5.74, 6) is -0.332. The second-order valence-electron chi connectivity index (χ2n) is 5.86. The predicted octanol–water partition coefficient (Wildman–Crippen LogP) is 3.45. The number of amides is 1. The average Bonchev–Trinajstić information content (AvgIpc) is 2.68. The van der Waals surface area contributed by atoms with Crippen LogP contribution in [-0.2, 0) is 4.74 Å². The fourth-order valence-electron chi connectivity index (χ4n) is 2.82. The minimum Gasteiger partial charge on any atom is -0.490 e. The Morgan fingerprint density at radius 1 is 1.26 bits per heavy atom. The molecule has 1 amide bonds. The highest BCUT2D eigenvalue weighted by Crippen LogP contribution is 2.31. The Kier molecular flexibility index (Phi) is 5.92. The van der Waals surface area contributed by atoms with Gasteiger partial charge in [0.25, 0.3) is 5.91 Å². The lowest BCUT2D eigenvalue weighted by Gasteiger charge is -2.29. The first-order valence-corrected chi connectivity index (χ1v) is 9.05. The van der Waals surface area contributed by atoms with Crippen LogP contribution in [0.5, 0.6) is 5.75 Å². The van der Waals surface area contributed by atoms with E-state index in [9.17, 15) is 14.9 Å². The maximum absolute atomic E-state index is 12.5. The summed E-state index contributed by atoms with van der Waals surface area (Å²) in [6, 6.07) is 9.61. The number of nitrogens with zero attached hydrogens (tertiary/aromatic N) is 2. The Labute approximate surface area is 164 Å². The zero-order valence-corrected chi connectivity index (χ0v) is 16.2. The Bertz CT molecular complexity index is 868. The van der Waals surface area contributed by atoms with Crippen molar-refractivity contribution in [2.24, 2.45) is 0 Å². The fraction of sp³-hybridized carbons (Fsp3) is 0.278. The summed E-state index contributed by atoms with van der Waals surface area (Å²) < 4.78 is 11.2. The largest absolute Gasteiger partial charge is 0.490 e. The smallest absolute Gasteiger partial charge is 0.311 e. The first-order chi connectivity index (χ1) is 13.0. The number of morpholine rings is 1. The van der Waals surface area contributed by atoms with Crippen LogP contribution in [0.15, 0.2) is 40.9 Å². The number of rotatable bonds is 5. The quantitative estimate of drug-likeness (QED) is 0.570. The number of anilines is 2. The summed E-state index contributed by atoms with van der Waals surface area (Å²) >= 11 is 3.54. The van der Waals surface area contributed by atoms with Crippen molar-refractivity contribution in [3.63, 3.8) is 0 Å². The lowest BCUT2D eigenvalue weighted by atomic mass is 10.1. The number of hydrogen-bond donors (Lipinski definition) is 1. The van der Waals surface area contributed by atoms with Gasteiger partial charge in [0.15, 0.2) is 5.75 Å². The predicted molar refractivity (Wildman–Crippen MR) is 105 cm³/mol. The first kappa shape index (κ1) is 19.1. The van der Waals surface area contributed by atoms with Gasteiger partial charge in [0, 0.05) is 34.9 Å². The number of carbonyl (C=O) groups is 1. The lowest BCUT2D eigenvalue weighted by molar-refractivity contribution is -0.385. The van der Waals surface area contributed by atoms with E-state index < -0.39 is 10.8 Å². The molecule has 0 saturated carbocycles. The number of nitro groups is 1. The molecular weight excluding hydrogens is 418 g/mol. The highest BCUT2D eigenvalue weighted by Gasteiger charge is 2.19. The van der Waals surface area contributed by atoms with Crippen LogP contribution in [0.2, 0.25) is 0 Å². The molecule has 1 saturated heterocycles. The van der Waals surface area contributed by atoms with Crippen molar-refractivity contribution in [1.29, 1.82) is 0 Å². The van der Waals surface area contributed by atoms with Crippen LogP contribution in [0.4, 0.5) is 17.1 Å². The third-order valence-electron chi connectivity index (χ3n) is 4.20. The number of methoxy groups -OCH3 is 1. The van der Waals surface area contributed by atoms with Crippen LogP contribution >= 0.6 is 15.9 Å². The molecule has 0 bridgehead atoms. The summed E-state index contributed by atoms with van der Waals surface area (Å²) in [7, 11) is 1.34.